The molecular formula is C31H41N9O3. The maximum absolute atomic E-state index is 12.5. The van der Waals surface area contributed by atoms with E-state index >= 15 is 0 Å². The first-order valence-electron chi connectivity index (χ1n) is 15.2. The Morgan fingerprint density at radius 2 is 1.70 bits per heavy atom. The Hall–Kier alpha value is -4.00. The predicted molar refractivity (Wildman–Crippen MR) is 167 cm³/mol. The number of aliphatic hydroxyl groups is 1. The second-order valence-electron chi connectivity index (χ2n) is 11.9. The molecule has 1 saturated carbocycles. The van der Waals surface area contributed by atoms with Gasteiger partial charge >= 0.3 is 0 Å². The minimum atomic E-state index is -0.734. The molecule has 3 aromatic rings. The van der Waals surface area contributed by atoms with Gasteiger partial charge in [-0.15, -0.1) is 0 Å². The Labute approximate surface area is 251 Å². The van der Waals surface area contributed by atoms with Crippen LogP contribution in [0.3, 0.4) is 0 Å². The second kappa shape index (κ2) is 12.7. The van der Waals surface area contributed by atoms with E-state index in [9.17, 15) is 15.0 Å². The first-order chi connectivity index (χ1) is 20.8. The Morgan fingerprint density at radius 1 is 0.953 bits per heavy atom. The lowest BCUT2D eigenvalue weighted by Crippen LogP contribution is -2.52. The van der Waals surface area contributed by atoms with Gasteiger partial charge in [0.05, 0.1) is 12.1 Å². The number of aromatic hydroxyl groups is 1. The number of nitrogens with zero attached hydrogens (tertiary/aromatic N) is 6. The number of piperazine rings is 1. The number of nitrogens with one attached hydrogen (secondary N) is 2. The fraction of sp³-hybridized carbons (Fsp3) is 0.484. The molecule has 0 bridgehead atoms. The zero-order valence-corrected chi connectivity index (χ0v) is 24.6. The number of carbonyl (C=O) groups excluding carboxylic acids is 1. The summed E-state index contributed by atoms with van der Waals surface area (Å²) in [4.78, 5) is 33.2. The number of carbonyl (C=O) groups is 1. The Morgan fingerprint density at radius 3 is 2.35 bits per heavy atom. The van der Waals surface area contributed by atoms with Crippen LogP contribution in [0.2, 0.25) is 0 Å². The van der Waals surface area contributed by atoms with Crippen LogP contribution in [-0.4, -0.2) is 105 Å². The maximum atomic E-state index is 12.5. The number of piperidine rings is 1. The summed E-state index contributed by atoms with van der Waals surface area (Å²) >= 11 is 0. The summed E-state index contributed by atoms with van der Waals surface area (Å²) in [5.74, 6) is -0.325. The van der Waals surface area contributed by atoms with Crippen LogP contribution in [0.1, 0.15) is 42.6 Å². The molecule has 1 amide bonds. The molecule has 1 aliphatic carbocycles. The van der Waals surface area contributed by atoms with Crippen molar-refractivity contribution in [3.8, 4) is 17.1 Å². The highest BCUT2D eigenvalue weighted by atomic mass is 16.3. The van der Waals surface area contributed by atoms with Crippen LogP contribution in [0, 0.1) is 0 Å². The third-order valence-corrected chi connectivity index (χ3v) is 8.96. The molecule has 2 aliphatic heterocycles. The second-order valence-corrected chi connectivity index (χ2v) is 11.9. The molecule has 2 aromatic heterocycles. The molecule has 0 radical (unpaired) electrons. The van der Waals surface area contributed by atoms with Gasteiger partial charge in [-0.05, 0) is 69.5 Å². The number of hydrogen-bond donors (Lipinski definition) is 5. The highest BCUT2D eigenvalue weighted by Gasteiger charge is 2.29. The third kappa shape index (κ3) is 6.66. The van der Waals surface area contributed by atoms with E-state index in [1.54, 1.807) is 6.07 Å². The summed E-state index contributed by atoms with van der Waals surface area (Å²) < 4.78 is 0. The normalized spacial score (nSPS) is 22.0. The highest BCUT2D eigenvalue weighted by Crippen LogP contribution is 2.33. The maximum Gasteiger partial charge on any atom is 0.271 e. The van der Waals surface area contributed by atoms with Gasteiger partial charge in [0.25, 0.3) is 5.91 Å². The van der Waals surface area contributed by atoms with E-state index in [1.165, 1.54) is 12.3 Å². The SMILES string of the molecule is CN1CCN(C2CCN(c3ccc(Nc4nc(NC5CCCC5O)c(-c5ccnc(O)c5)nc4C(N)=O)cc3)CC2)CC1. The Bertz CT molecular complexity index is 1420. The average molecular weight is 588 g/mol. The Kier molecular flexibility index (Phi) is 8.59. The molecule has 12 nitrogen and oxygen atoms in total. The molecule has 228 valence electrons. The summed E-state index contributed by atoms with van der Waals surface area (Å²) in [6.07, 6.45) is 5.61. The fourth-order valence-corrected chi connectivity index (χ4v) is 6.41. The van der Waals surface area contributed by atoms with Gasteiger partial charge < -0.3 is 36.4 Å². The quantitative estimate of drug-likeness (QED) is 0.264. The number of aromatic nitrogens is 3. The largest absolute Gasteiger partial charge is 0.493 e. The van der Waals surface area contributed by atoms with Gasteiger partial charge in [-0.25, -0.2) is 15.0 Å². The standard InChI is InChI=1S/C31H41N9O3/c1-38-15-17-40(18-16-38)23-10-13-39(14-11-23)22-7-5-21(6-8-22)34-31-28(29(32)43)36-27(20-9-12-33-26(42)19-20)30(37-31)35-24-3-2-4-25(24)41/h5-9,12,19,23-25,41H,2-4,10-11,13-18H2,1H3,(H2,32,43)(H,33,42)(H2,34,35,37). The van der Waals surface area contributed by atoms with Crippen LogP contribution >= 0.6 is 0 Å². The minimum Gasteiger partial charge on any atom is -0.493 e. The molecular weight excluding hydrogens is 546 g/mol. The third-order valence-electron chi connectivity index (χ3n) is 8.96. The van der Waals surface area contributed by atoms with Gasteiger partial charge in [0.1, 0.15) is 5.69 Å². The van der Waals surface area contributed by atoms with Crippen molar-refractivity contribution in [2.45, 2.75) is 50.3 Å². The van der Waals surface area contributed by atoms with Crippen LogP contribution in [-0.2, 0) is 0 Å². The van der Waals surface area contributed by atoms with Crippen molar-refractivity contribution in [1.82, 2.24) is 24.8 Å². The molecule has 2 atom stereocenters. The van der Waals surface area contributed by atoms with Crippen molar-refractivity contribution in [1.29, 1.82) is 0 Å². The number of likely N-dealkylation sites (N-methyl/N-ethyl adjacent to an activating group) is 1. The number of aliphatic hydroxyl groups excluding tert-OH is 1. The smallest absolute Gasteiger partial charge is 0.271 e. The number of benzene rings is 1. The minimum absolute atomic E-state index is 0.0288. The van der Waals surface area contributed by atoms with Crippen LogP contribution in [0.5, 0.6) is 5.88 Å². The summed E-state index contributed by atoms with van der Waals surface area (Å²) in [6.45, 7) is 6.65. The lowest BCUT2D eigenvalue weighted by molar-refractivity contribution is 0.0982. The fourth-order valence-electron chi connectivity index (χ4n) is 6.41. The molecule has 6 rings (SSSR count). The number of hydrogen-bond acceptors (Lipinski definition) is 11. The van der Waals surface area contributed by atoms with Crippen LogP contribution < -0.4 is 21.3 Å². The van der Waals surface area contributed by atoms with E-state index in [2.05, 4.69) is 54.5 Å². The van der Waals surface area contributed by atoms with Crippen molar-refractivity contribution in [2.75, 3.05) is 61.8 Å². The van der Waals surface area contributed by atoms with E-state index in [0.29, 0.717) is 29.5 Å². The molecule has 3 aliphatic rings. The lowest BCUT2D eigenvalue weighted by atomic mass is 10.0. The molecule has 4 heterocycles. The number of pyridine rings is 1. The van der Waals surface area contributed by atoms with Crippen molar-refractivity contribution < 1.29 is 15.0 Å². The summed E-state index contributed by atoms with van der Waals surface area (Å²) in [7, 11) is 2.20. The molecule has 3 fully saturated rings. The van der Waals surface area contributed by atoms with Crippen molar-refractivity contribution in [3.05, 3.63) is 48.3 Å². The molecule has 2 unspecified atom stereocenters. The van der Waals surface area contributed by atoms with Gasteiger partial charge in [0, 0.05) is 74.5 Å². The number of anilines is 4. The molecule has 0 spiro atoms. The van der Waals surface area contributed by atoms with Crippen LogP contribution in [0.4, 0.5) is 23.0 Å². The predicted octanol–water partition coefficient (Wildman–Crippen LogP) is 2.63. The molecule has 12 heteroatoms. The van der Waals surface area contributed by atoms with Crippen molar-refractivity contribution >= 4 is 28.9 Å². The van der Waals surface area contributed by atoms with Crippen LogP contribution in [0.25, 0.3) is 11.3 Å². The van der Waals surface area contributed by atoms with Gasteiger partial charge in [-0.1, -0.05) is 0 Å². The topological polar surface area (TPSA) is 156 Å². The van der Waals surface area contributed by atoms with E-state index in [-0.39, 0.29) is 23.4 Å². The molecule has 6 N–H and O–H groups in total. The highest BCUT2D eigenvalue weighted by molar-refractivity contribution is 5.97. The van der Waals surface area contributed by atoms with Gasteiger partial charge in [-0.3, -0.25) is 9.69 Å². The number of amides is 1. The van der Waals surface area contributed by atoms with Gasteiger partial charge in [0.15, 0.2) is 17.3 Å². The van der Waals surface area contributed by atoms with E-state index < -0.39 is 12.0 Å². The summed E-state index contributed by atoms with van der Waals surface area (Å²) in [5, 5.41) is 27.0. The number of rotatable bonds is 8. The lowest BCUT2D eigenvalue weighted by Gasteiger charge is -2.42. The number of nitrogens with two attached hydrogens (primary N) is 1. The zero-order chi connectivity index (χ0) is 29.9. The first kappa shape index (κ1) is 29.1. The summed E-state index contributed by atoms with van der Waals surface area (Å²) in [6, 6.07) is 11.7. The summed E-state index contributed by atoms with van der Waals surface area (Å²) in [5.41, 5.74) is 8.49. The van der Waals surface area contributed by atoms with Crippen molar-refractivity contribution in [2.24, 2.45) is 5.73 Å². The average Bonchev–Trinajstić information content (AvgIpc) is 3.42. The van der Waals surface area contributed by atoms with Crippen LogP contribution in [0.15, 0.2) is 42.6 Å². The first-order valence-corrected chi connectivity index (χ1v) is 15.2. The van der Waals surface area contributed by atoms with Crippen molar-refractivity contribution in [3.63, 3.8) is 0 Å². The Balaban J connectivity index is 1.20. The van der Waals surface area contributed by atoms with E-state index in [4.69, 9.17) is 10.7 Å². The van der Waals surface area contributed by atoms with Gasteiger partial charge in [-0.2, -0.15) is 0 Å². The molecule has 43 heavy (non-hydrogen) atoms. The number of primary amides is 1. The van der Waals surface area contributed by atoms with E-state index in [0.717, 1.165) is 76.3 Å². The molecule has 1 aromatic carbocycles. The van der Waals surface area contributed by atoms with Gasteiger partial charge in [0.2, 0.25) is 5.88 Å². The monoisotopic (exact) mass is 587 g/mol. The van der Waals surface area contributed by atoms with E-state index in [1.807, 2.05) is 12.1 Å². The zero-order valence-electron chi connectivity index (χ0n) is 24.6. The molecule has 2 saturated heterocycles.